The van der Waals surface area contributed by atoms with Gasteiger partial charge in [0.05, 0.1) is 0 Å². The van der Waals surface area contributed by atoms with Crippen LogP contribution in [0.4, 0.5) is 0 Å². The van der Waals surface area contributed by atoms with E-state index in [2.05, 4.69) is 81.5 Å². The second-order valence-electron chi connectivity index (χ2n) is 17.0. The number of rotatable bonds is 46. The third-order valence-corrected chi connectivity index (χ3v) is 11.0. The lowest BCUT2D eigenvalue weighted by molar-refractivity contribution is -0.167. The molecule has 0 aliphatic carbocycles. The van der Waals surface area contributed by atoms with Crippen LogP contribution in [0, 0.1) is 0 Å². The molecule has 0 aromatic heterocycles. The Bertz CT molecular complexity index is 1120. The zero-order valence-electron chi connectivity index (χ0n) is 40.2. The number of esters is 3. The first-order valence-corrected chi connectivity index (χ1v) is 25.8. The standard InChI is InChI=1S/C55H96O6/c1-4-7-10-13-16-19-22-25-27-28-31-33-36-39-42-45-48-54(57)60-51-52(50-59-53(56)47-44-41-38-35-32-29-24-21-18-15-12-9-6-3)61-55(58)49-46-43-40-37-34-30-26-23-20-17-14-11-8-5-2/h9,12,18,21,23,26-29,32,52H,4-8,10-11,13-17,19-20,22,24-25,30-31,33-51H2,1-3H3/b12-9-,21-18-,26-23-,28-27-,32-29-. The van der Waals surface area contributed by atoms with Crippen molar-refractivity contribution in [2.45, 2.75) is 258 Å². The van der Waals surface area contributed by atoms with Gasteiger partial charge in [-0.3, -0.25) is 14.4 Å². The SMILES string of the molecule is CC/C=C\C/C=C\C/C=C\CCCCCC(=O)OCC(COC(=O)CCCCCCC/C=C\CCCCCCCCC)OC(=O)CCCCCCC/C=C\CCCCCCC. The van der Waals surface area contributed by atoms with Crippen LogP contribution in [0.3, 0.4) is 0 Å². The van der Waals surface area contributed by atoms with Gasteiger partial charge in [-0.15, -0.1) is 0 Å². The topological polar surface area (TPSA) is 78.9 Å². The normalized spacial score (nSPS) is 12.5. The lowest BCUT2D eigenvalue weighted by Crippen LogP contribution is -2.30. The van der Waals surface area contributed by atoms with Crippen molar-refractivity contribution in [2.75, 3.05) is 13.2 Å². The summed E-state index contributed by atoms with van der Waals surface area (Å²) in [7, 11) is 0. The Morgan fingerprint density at radius 2 is 0.639 bits per heavy atom. The van der Waals surface area contributed by atoms with Crippen LogP contribution < -0.4 is 0 Å². The summed E-state index contributed by atoms with van der Waals surface area (Å²) in [6.07, 6.45) is 60.6. The second kappa shape index (κ2) is 49.8. The molecular weight excluding hydrogens is 757 g/mol. The van der Waals surface area contributed by atoms with Gasteiger partial charge in [0.25, 0.3) is 0 Å². The number of hydrogen-bond acceptors (Lipinski definition) is 6. The molecule has 0 heterocycles. The first-order chi connectivity index (χ1) is 30.0. The van der Waals surface area contributed by atoms with Crippen molar-refractivity contribution >= 4 is 17.9 Å². The van der Waals surface area contributed by atoms with Crippen molar-refractivity contribution in [3.63, 3.8) is 0 Å². The fourth-order valence-corrected chi connectivity index (χ4v) is 7.09. The van der Waals surface area contributed by atoms with Crippen molar-refractivity contribution in [3.8, 4) is 0 Å². The Kier molecular flexibility index (Phi) is 47.4. The highest BCUT2D eigenvalue weighted by atomic mass is 16.6. The van der Waals surface area contributed by atoms with Crippen LogP contribution in [0.5, 0.6) is 0 Å². The molecule has 0 fully saturated rings. The molecule has 0 spiro atoms. The largest absolute Gasteiger partial charge is 0.462 e. The van der Waals surface area contributed by atoms with E-state index >= 15 is 0 Å². The van der Waals surface area contributed by atoms with Crippen LogP contribution in [0.1, 0.15) is 252 Å². The zero-order chi connectivity index (χ0) is 44.4. The molecule has 0 aliphatic heterocycles. The summed E-state index contributed by atoms with van der Waals surface area (Å²) in [6, 6.07) is 0. The Morgan fingerprint density at radius 3 is 1.03 bits per heavy atom. The van der Waals surface area contributed by atoms with Crippen molar-refractivity contribution in [1.82, 2.24) is 0 Å². The van der Waals surface area contributed by atoms with Crippen LogP contribution >= 0.6 is 0 Å². The van der Waals surface area contributed by atoms with Crippen molar-refractivity contribution in [3.05, 3.63) is 60.8 Å². The first kappa shape index (κ1) is 58.1. The Hall–Kier alpha value is -2.89. The number of carbonyl (C=O) groups is 3. The number of ether oxygens (including phenoxy) is 3. The lowest BCUT2D eigenvalue weighted by Gasteiger charge is -2.18. The van der Waals surface area contributed by atoms with E-state index in [0.717, 1.165) is 103 Å². The number of hydrogen-bond donors (Lipinski definition) is 0. The molecule has 0 aromatic carbocycles. The van der Waals surface area contributed by atoms with Crippen molar-refractivity contribution in [2.24, 2.45) is 0 Å². The second-order valence-corrected chi connectivity index (χ2v) is 17.0. The molecule has 0 rings (SSSR count). The zero-order valence-corrected chi connectivity index (χ0v) is 40.2. The third-order valence-electron chi connectivity index (χ3n) is 11.0. The average Bonchev–Trinajstić information content (AvgIpc) is 3.26. The van der Waals surface area contributed by atoms with Gasteiger partial charge >= 0.3 is 17.9 Å². The van der Waals surface area contributed by atoms with E-state index in [1.54, 1.807) is 0 Å². The third kappa shape index (κ3) is 48.0. The van der Waals surface area contributed by atoms with Gasteiger partial charge in [-0.2, -0.15) is 0 Å². The molecule has 1 atom stereocenters. The van der Waals surface area contributed by atoms with Crippen LogP contribution in [0.2, 0.25) is 0 Å². The molecule has 0 radical (unpaired) electrons. The molecule has 6 heteroatoms. The van der Waals surface area contributed by atoms with Gasteiger partial charge in [0, 0.05) is 19.3 Å². The van der Waals surface area contributed by atoms with E-state index in [-0.39, 0.29) is 31.1 Å². The van der Waals surface area contributed by atoms with Gasteiger partial charge in [-0.25, -0.2) is 0 Å². The average molecular weight is 853 g/mol. The van der Waals surface area contributed by atoms with E-state index in [1.165, 1.54) is 109 Å². The predicted molar refractivity (Wildman–Crippen MR) is 261 cm³/mol. The fraction of sp³-hybridized carbons (Fsp3) is 0.764. The quantitative estimate of drug-likeness (QED) is 0.0263. The minimum absolute atomic E-state index is 0.0910. The highest BCUT2D eigenvalue weighted by Gasteiger charge is 2.19. The molecule has 1 unspecified atom stereocenters. The van der Waals surface area contributed by atoms with Gasteiger partial charge in [-0.1, -0.05) is 191 Å². The summed E-state index contributed by atoms with van der Waals surface area (Å²) in [5, 5.41) is 0. The Balaban J connectivity index is 4.43. The Labute approximate surface area is 377 Å². The minimum Gasteiger partial charge on any atom is -0.462 e. The summed E-state index contributed by atoms with van der Waals surface area (Å²) in [5.41, 5.74) is 0. The Morgan fingerprint density at radius 1 is 0.344 bits per heavy atom. The van der Waals surface area contributed by atoms with E-state index in [4.69, 9.17) is 14.2 Å². The smallest absolute Gasteiger partial charge is 0.306 e. The van der Waals surface area contributed by atoms with E-state index < -0.39 is 6.10 Å². The van der Waals surface area contributed by atoms with Crippen LogP contribution in [-0.2, 0) is 28.6 Å². The highest BCUT2D eigenvalue weighted by Crippen LogP contribution is 2.14. The predicted octanol–water partition coefficient (Wildman–Crippen LogP) is 16.9. The van der Waals surface area contributed by atoms with E-state index in [1.807, 2.05) is 0 Å². The van der Waals surface area contributed by atoms with Crippen LogP contribution in [0.15, 0.2) is 60.8 Å². The molecule has 0 saturated heterocycles. The maximum atomic E-state index is 12.8. The summed E-state index contributed by atoms with van der Waals surface area (Å²) >= 11 is 0. The van der Waals surface area contributed by atoms with Gasteiger partial charge in [0.15, 0.2) is 6.10 Å². The van der Waals surface area contributed by atoms with Gasteiger partial charge < -0.3 is 14.2 Å². The summed E-state index contributed by atoms with van der Waals surface area (Å²) in [6.45, 7) is 6.48. The van der Waals surface area contributed by atoms with Gasteiger partial charge in [0.1, 0.15) is 13.2 Å². The summed E-state index contributed by atoms with van der Waals surface area (Å²) in [4.78, 5) is 37.9. The van der Waals surface area contributed by atoms with Crippen molar-refractivity contribution in [1.29, 1.82) is 0 Å². The number of unbranched alkanes of at least 4 members (excludes halogenated alkanes) is 25. The maximum Gasteiger partial charge on any atom is 0.306 e. The molecule has 0 aromatic rings. The van der Waals surface area contributed by atoms with Crippen molar-refractivity contribution < 1.29 is 28.6 Å². The van der Waals surface area contributed by atoms with Crippen LogP contribution in [0.25, 0.3) is 0 Å². The summed E-state index contributed by atoms with van der Waals surface area (Å²) in [5.74, 6) is -0.934. The van der Waals surface area contributed by atoms with E-state index in [9.17, 15) is 14.4 Å². The molecule has 0 bridgehead atoms. The molecule has 6 nitrogen and oxygen atoms in total. The summed E-state index contributed by atoms with van der Waals surface area (Å²) < 4.78 is 16.8. The molecule has 0 aliphatic rings. The number of carbonyl (C=O) groups excluding carboxylic acids is 3. The van der Waals surface area contributed by atoms with Crippen LogP contribution in [-0.4, -0.2) is 37.2 Å². The number of allylic oxidation sites excluding steroid dienone is 10. The molecule has 61 heavy (non-hydrogen) atoms. The molecule has 0 amide bonds. The highest BCUT2D eigenvalue weighted by molar-refractivity contribution is 5.71. The van der Waals surface area contributed by atoms with E-state index in [0.29, 0.717) is 19.3 Å². The molecule has 0 N–H and O–H groups in total. The maximum absolute atomic E-state index is 12.8. The molecular formula is C55H96O6. The van der Waals surface area contributed by atoms with Gasteiger partial charge in [0.2, 0.25) is 0 Å². The fourth-order valence-electron chi connectivity index (χ4n) is 7.09. The molecule has 0 saturated carbocycles. The monoisotopic (exact) mass is 853 g/mol. The first-order valence-electron chi connectivity index (χ1n) is 25.8. The van der Waals surface area contributed by atoms with Gasteiger partial charge in [-0.05, 0) is 103 Å². The lowest BCUT2D eigenvalue weighted by atomic mass is 10.1. The molecule has 352 valence electrons. The minimum atomic E-state index is -0.792.